The summed E-state index contributed by atoms with van der Waals surface area (Å²) in [5.41, 5.74) is 1.09. The van der Waals surface area contributed by atoms with Gasteiger partial charge in [-0.2, -0.15) is 0 Å². The summed E-state index contributed by atoms with van der Waals surface area (Å²) in [6, 6.07) is 3.18. The van der Waals surface area contributed by atoms with Crippen molar-refractivity contribution in [1.29, 1.82) is 0 Å². The smallest absolute Gasteiger partial charge is 0.0901 e. The second-order valence-corrected chi connectivity index (χ2v) is 9.88. The molecule has 1 aromatic carbocycles. The molecular formula is C28H36O6-2. The van der Waals surface area contributed by atoms with Crippen LogP contribution in [0.1, 0.15) is 83.2 Å². The van der Waals surface area contributed by atoms with Gasteiger partial charge in [-0.05, 0) is 99.0 Å². The molecule has 1 aromatic rings. The lowest BCUT2D eigenvalue weighted by Crippen LogP contribution is -2.31. The first kappa shape index (κ1) is 25.9. The molecule has 0 N–H and O–H groups in total. The third kappa shape index (κ3) is 6.87. The van der Waals surface area contributed by atoms with E-state index >= 15 is 0 Å². The summed E-state index contributed by atoms with van der Waals surface area (Å²) in [6.45, 7) is 8.48. The summed E-state index contributed by atoms with van der Waals surface area (Å²) >= 11 is 0. The lowest BCUT2D eigenvalue weighted by molar-refractivity contribution is -0.255. The second kappa shape index (κ2) is 12.6. The molecule has 0 saturated heterocycles. The van der Waals surface area contributed by atoms with Crippen molar-refractivity contribution in [2.45, 2.75) is 64.2 Å². The highest BCUT2D eigenvalue weighted by Crippen LogP contribution is 2.36. The van der Waals surface area contributed by atoms with E-state index in [1.165, 1.54) is 18.6 Å². The normalized spacial score (nSPS) is 24.7. The predicted molar refractivity (Wildman–Crippen MR) is 126 cm³/mol. The van der Waals surface area contributed by atoms with Gasteiger partial charge in [0.1, 0.15) is 0 Å². The summed E-state index contributed by atoms with van der Waals surface area (Å²) in [5.74, 6) is -1.09. The van der Waals surface area contributed by atoms with Crippen LogP contribution in [0.25, 0.3) is 0 Å². The number of benzene rings is 1. The Labute approximate surface area is 202 Å². The molecule has 6 nitrogen and oxygen atoms in total. The Kier molecular flexibility index (Phi) is 9.61. The van der Waals surface area contributed by atoms with Crippen LogP contribution in [0.4, 0.5) is 0 Å². The van der Waals surface area contributed by atoms with E-state index in [0.717, 1.165) is 51.4 Å². The SMILES string of the molecule is C=COCC1CCC(Cc2ccc(C(=O)[O-])c(CC3CCC(COC=C)CC3)c2C(=O)[O-])CC1. The van der Waals surface area contributed by atoms with Crippen molar-refractivity contribution < 1.29 is 29.3 Å². The average molecular weight is 469 g/mol. The summed E-state index contributed by atoms with van der Waals surface area (Å²) in [7, 11) is 0. The monoisotopic (exact) mass is 468 g/mol. The number of carboxylic acid groups (broad SMARTS) is 2. The molecule has 0 amide bonds. The Morgan fingerprint density at radius 3 is 1.68 bits per heavy atom. The number of carboxylic acids is 2. The van der Waals surface area contributed by atoms with Crippen LogP contribution in [-0.2, 0) is 22.3 Å². The zero-order valence-electron chi connectivity index (χ0n) is 20.0. The molecule has 2 aliphatic carbocycles. The number of hydrogen-bond acceptors (Lipinski definition) is 6. The fourth-order valence-electron chi connectivity index (χ4n) is 5.74. The van der Waals surface area contributed by atoms with Crippen molar-refractivity contribution in [2.24, 2.45) is 23.7 Å². The molecule has 6 heteroatoms. The van der Waals surface area contributed by atoms with Crippen molar-refractivity contribution in [1.82, 2.24) is 0 Å². The molecule has 0 aromatic heterocycles. The van der Waals surface area contributed by atoms with E-state index < -0.39 is 11.9 Å². The van der Waals surface area contributed by atoms with Gasteiger partial charge < -0.3 is 29.3 Å². The number of carbonyl (C=O) groups is 2. The van der Waals surface area contributed by atoms with Gasteiger partial charge in [0.15, 0.2) is 0 Å². The fraction of sp³-hybridized carbons (Fsp3) is 0.571. The van der Waals surface area contributed by atoms with Gasteiger partial charge in [-0.3, -0.25) is 0 Å². The summed E-state index contributed by atoms with van der Waals surface area (Å²) in [4.78, 5) is 24.1. The molecule has 186 valence electrons. The second-order valence-electron chi connectivity index (χ2n) is 9.88. The highest BCUT2D eigenvalue weighted by molar-refractivity contribution is 5.96. The van der Waals surface area contributed by atoms with E-state index in [1.54, 1.807) is 6.07 Å². The number of hydrogen-bond donors (Lipinski definition) is 0. The van der Waals surface area contributed by atoms with Crippen molar-refractivity contribution in [2.75, 3.05) is 13.2 Å². The minimum Gasteiger partial charge on any atom is -0.545 e. The van der Waals surface area contributed by atoms with Crippen LogP contribution in [0.5, 0.6) is 0 Å². The van der Waals surface area contributed by atoms with E-state index in [0.29, 0.717) is 54.9 Å². The van der Waals surface area contributed by atoms with Crippen LogP contribution in [0.2, 0.25) is 0 Å². The van der Waals surface area contributed by atoms with Crippen LogP contribution in [0, 0.1) is 23.7 Å². The van der Waals surface area contributed by atoms with Crippen molar-refractivity contribution in [3.63, 3.8) is 0 Å². The van der Waals surface area contributed by atoms with Crippen LogP contribution >= 0.6 is 0 Å². The molecule has 0 unspecified atom stereocenters. The van der Waals surface area contributed by atoms with E-state index in [4.69, 9.17) is 9.47 Å². The largest absolute Gasteiger partial charge is 0.545 e. The fourth-order valence-corrected chi connectivity index (χ4v) is 5.74. The average Bonchev–Trinajstić information content (AvgIpc) is 2.83. The first-order valence-corrected chi connectivity index (χ1v) is 12.4. The molecule has 0 bridgehead atoms. The lowest BCUT2D eigenvalue weighted by atomic mass is 9.76. The Bertz CT molecular complexity index is 860. The third-order valence-electron chi connectivity index (χ3n) is 7.66. The third-order valence-corrected chi connectivity index (χ3v) is 7.66. The molecule has 0 heterocycles. The number of aromatic carboxylic acids is 2. The molecule has 2 fully saturated rings. The predicted octanol–water partition coefficient (Wildman–Crippen LogP) is 3.43. The van der Waals surface area contributed by atoms with Gasteiger partial charge in [0, 0.05) is 11.1 Å². The minimum absolute atomic E-state index is 0.0228. The first-order chi connectivity index (χ1) is 16.4. The Balaban J connectivity index is 1.74. The van der Waals surface area contributed by atoms with Gasteiger partial charge in [0.25, 0.3) is 0 Å². The van der Waals surface area contributed by atoms with E-state index in [2.05, 4.69) is 13.2 Å². The zero-order chi connectivity index (χ0) is 24.5. The van der Waals surface area contributed by atoms with Crippen LogP contribution in [0.3, 0.4) is 0 Å². The summed E-state index contributed by atoms with van der Waals surface area (Å²) in [6.07, 6.45) is 11.8. The molecule has 0 radical (unpaired) electrons. The summed E-state index contributed by atoms with van der Waals surface area (Å²) in [5, 5.41) is 24.1. The van der Waals surface area contributed by atoms with Gasteiger partial charge in [-0.1, -0.05) is 25.3 Å². The number of ether oxygens (including phenoxy) is 2. The van der Waals surface area contributed by atoms with Crippen molar-refractivity contribution in [3.05, 3.63) is 60.1 Å². The molecule has 0 atom stereocenters. The van der Waals surface area contributed by atoms with Gasteiger partial charge in [0.2, 0.25) is 0 Å². The van der Waals surface area contributed by atoms with Gasteiger partial charge in [0.05, 0.1) is 37.7 Å². The highest BCUT2D eigenvalue weighted by atomic mass is 16.5. The van der Waals surface area contributed by atoms with E-state index in [-0.39, 0.29) is 17.0 Å². The first-order valence-electron chi connectivity index (χ1n) is 12.4. The van der Waals surface area contributed by atoms with Crippen LogP contribution in [0.15, 0.2) is 37.8 Å². The van der Waals surface area contributed by atoms with Crippen LogP contribution < -0.4 is 10.2 Å². The topological polar surface area (TPSA) is 98.7 Å². The van der Waals surface area contributed by atoms with Crippen molar-refractivity contribution in [3.8, 4) is 0 Å². The zero-order valence-corrected chi connectivity index (χ0v) is 20.0. The van der Waals surface area contributed by atoms with E-state index in [9.17, 15) is 19.8 Å². The van der Waals surface area contributed by atoms with E-state index in [1.807, 2.05) is 0 Å². The molecule has 0 spiro atoms. The Hall–Kier alpha value is -2.76. The maximum atomic E-state index is 12.3. The molecule has 2 aliphatic rings. The van der Waals surface area contributed by atoms with Gasteiger partial charge in [-0.25, -0.2) is 0 Å². The molecule has 0 aliphatic heterocycles. The molecule has 3 rings (SSSR count). The van der Waals surface area contributed by atoms with Gasteiger partial charge >= 0.3 is 0 Å². The minimum atomic E-state index is -1.33. The maximum absolute atomic E-state index is 12.3. The lowest BCUT2D eigenvalue weighted by Gasteiger charge is -2.31. The molecule has 34 heavy (non-hydrogen) atoms. The summed E-state index contributed by atoms with van der Waals surface area (Å²) < 4.78 is 10.7. The molecular weight excluding hydrogens is 432 g/mol. The van der Waals surface area contributed by atoms with Crippen LogP contribution in [-0.4, -0.2) is 25.2 Å². The standard InChI is InChI=1S/C28H38O6/c1-3-33-17-21-9-5-19(6-10-21)15-23-13-14-24(27(29)30)25(26(23)28(31)32)16-20-7-11-22(12-8-20)18-34-4-2/h3-4,13-14,19-22H,1-2,5-12,15-18H2,(H,29,30)(H,31,32)/p-2. The van der Waals surface area contributed by atoms with Gasteiger partial charge in [-0.15, -0.1) is 0 Å². The Morgan fingerprint density at radius 1 is 0.765 bits per heavy atom. The molecule has 2 saturated carbocycles. The maximum Gasteiger partial charge on any atom is 0.0901 e. The van der Waals surface area contributed by atoms with Crippen molar-refractivity contribution >= 4 is 11.9 Å². The Morgan fingerprint density at radius 2 is 1.24 bits per heavy atom. The highest BCUT2D eigenvalue weighted by Gasteiger charge is 2.27. The number of carbonyl (C=O) groups excluding carboxylic acids is 2. The quantitative estimate of drug-likeness (QED) is 0.436. The number of rotatable bonds is 12.